The molecule has 0 amide bonds. The Morgan fingerprint density at radius 3 is 1.17 bits per heavy atom. The van der Waals surface area contributed by atoms with Gasteiger partial charge in [0, 0.05) is 42.2 Å². The normalized spacial score (nSPS) is 34.9. The van der Waals surface area contributed by atoms with Crippen LogP contribution in [-0.4, -0.2) is 121 Å². The number of alkyl halides is 6. The Morgan fingerprint density at radius 1 is 0.562 bits per heavy atom. The molecule has 388 valence electrons. The van der Waals surface area contributed by atoms with Gasteiger partial charge in [0.1, 0.15) is 3.70 Å². The SMILES string of the molecule is CCCC(F)(F)F.CCCF.CCCF.CCCF.[3H]F.[3H]F.[3H]F.[3H]F.[3H][Si]12O[Si]3([3H])O[Si]4(CCCOC(=O)C(=C)C)O[Si]([3H])(O1)O[Si]1(CCC)O[Si](CCC)(O2)O[Si](CCC)(O3)O[Si](CCC)(O4)O1. The van der Waals surface area contributed by atoms with Crippen molar-refractivity contribution >= 4 is 78.4 Å². The van der Waals surface area contributed by atoms with Crippen molar-refractivity contribution < 1.29 is 104 Å². The highest BCUT2D eigenvalue weighted by Crippen LogP contribution is 2.47. The molecule has 0 radical (unpaired) electrons. The lowest BCUT2D eigenvalue weighted by Gasteiger charge is -2.58. The fourth-order valence-electron chi connectivity index (χ4n) is 5.31. The summed E-state index contributed by atoms with van der Waals surface area (Å²) in [6.45, 7) is 19.2. The molecule has 0 aliphatic carbocycles. The van der Waals surface area contributed by atoms with Gasteiger partial charge in [0.2, 0.25) is 0 Å². The predicted octanol–water partition coefficient (Wildman–Crippen LogP) is 9.31. The first-order valence-electron chi connectivity index (χ1n) is 23.9. The summed E-state index contributed by atoms with van der Waals surface area (Å²) in [5, 5.41) is 0. The zero-order valence-electron chi connectivity index (χ0n) is 45.1. The summed E-state index contributed by atoms with van der Waals surface area (Å²) in [5.41, 5.74) is 0.239. The zero-order valence-corrected chi connectivity index (χ0v) is 46.1. The van der Waals surface area contributed by atoms with Crippen LogP contribution in [0.3, 0.4) is 0 Å². The van der Waals surface area contributed by atoms with Gasteiger partial charge < -0.3 is 54.1 Å². The van der Waals surface area contributed by atoms with Crippen LogP contribution in [0.2, 0.25) is 30.2 Å². The minimum Gasteiger partial charge on any atom is -0.462 e. The molecule has 0 spiro atoms. The second kappa shape index (κ2) is 35.0. The molecule has 0 saturated carbocycles. The third-order valence-corrected chi connectivity index (χ3v) is 37.7. The second-order valence-electron chi connectivity index (χ2n) is 13.8. The van der Waals surface area contributed by atoms with Crippen LogP contribution in [0.1, 0.15) is 127 Å². The van der Waals surface area contributed by atoms with Crippen molar-refractivity contribution in [1.29, 1.82) is 9.51 Å². The first-order chi connectivity index (χ1) is 33.4. The van der Waals surface area contributed by atoms with Gasteiger partial charge in [-0.15, -0.1) is 0 Å². The van der Waals surface area contributed by atoms with E-state index in [2.05, 4.69) is 12.4 Å². The second-order valence-corrected chi connectivity index (χ2v) is 34.5. The van der Waals surface area contributed by atoms with E-state index in [1.807, 2.05) is 27.7 Å². The van der Waals surface area contributed by atoms with Gasteiger partial charge in [-0.05, 0) is 39.0 Å². The molecule has 4 unspecified atom stereocenters. The van der Waals surface area contributed by atoms with Crippen LogP contribution in [-0.2, 0) is 58.9 Å². The van der Waals surface area contributed by atoms with Gasteiger partial charge in [-0.3, -0.25) is 32.0 Å². The minimum atomic E-state index is -4.76. The number of hydrogen-bond acceptors (Lipinski definition) is 14. The first-order valence-corrected chi connectivity index (χ1v) is 34.2. The van der Waals surface area contributed by atoms with E-state index in [0.717, 1.165) is 0 Å². The van der Waals surface area contributed by atoms with Crippen molar-refractivity contribution in [2.24, 2.45) is 0 Å². The fraction of sp³-hybridized carbons (Fsp3) is 0.906. The Labute approximate surface area is 392 Å². The van der Waals surface area contributed by atoms with Crippen LogP contribution < -0.4 is 0 Å². The molecule has 14 nitrogen and oxygen atoms in total. The van der Waals surface area contributed by atoms with Crippen molar-refractivity contribution in [3.63, 3.8) is 0 Å². The van der Waals surface area contributed by atoms with Gasteiger partial charge >= 0.3 is 84.5 Å². The van der Waals surface area contributed by atoms with Gasteiger partial charge in [0.05, 0.1) is 26.6 Å². The molecule has 6 saturated heterocycles. The predicted molar refractivity (Wildman–Crippen MR) is 239 cm³/mol. The van der Waals surface area contributed by atoms with Crippen LogP contribution in [0.25, 0.3) is 0 Å². The molecule has 6 heterocycles. The molecule has 6 rings (SSSR count). The smallest absolute Gasteiger partial charge is 0.462 e. The quantitative estimate of drug-likeness (QED) is 0.0450. The van der Waals surface area contributed by atoms with Gasteiger partial charge in [0.15, 0.2) is 0 Å². The maximum absolute atomic E-state index is 12.1. The first kappa shape index (κ1) is 56.4. The molecule has 0 aromatic rings. The monoisotopic (exact) mass is 1110 g/mol. The minimum absolute atomic E-state index is 0.0450. The summed E-state index contributed by atoms with van der Waals surface area (Å²) < 4.78 is 230. The Hall–Kier alpha value is -0.235. The molecule has 64 heavy (non-hydrogen) atoms. The lowest BCUT2D eigenvalue weighted by atomic mass is 10.3. The Kier molecular flexibility index (Phi) is 30.8. The largest absolute Gasteiger partial charge is 0.478 e. The lowest BCUT2D eigenvalue weighted by molar-refractivity contribution is -0.139. The van der Waals surface area contributed by atoms with E-state index in [9.17, 15) is 34.8 Å². The van der Waals surface area contributed by atoms with E-state index in [1.54, 1.807) is 20.8 Å². The van der Waals surface area contributed by atoms with Crippen LogP contribution in [0.5, 0.6) is 0 Å². The van der Waals surface area contributed by atoms with Crippen LogP contribution >= 0.6 is 0 Å². The average Bonchev–Trinajstić information content (AvgIpc) is 3.28. The molecular formula is C32H74F10O14Si8. The molecule has 4 atom stereocenters. The van der Waals surface area contributed by atoms with Gasteiger partial charge in [0.25, 0.3) is 5.80 Å². The summed E-state index contributed by atoms with van der Waals surface area (Å²) >= 11 is 0. The lowest BCUT2D eigenvalue weighted by Crippen LogP contribution is -2.82. The number of esters is 1. The Balaban J connectivity index is -0.000000691. The number of hydrogen-bond donors (Lipinski definition) is 0. The van der Waals surface area contributed by atoms with Gasteiger partial charge in [-0.1, -0.05) is 87.7 Å². The van der Waals surface area contributed by atoms with Crippen molar-refractivity contribution in [3.05, 3.63) is 12.2 Å². The molecule has 0 N–H and O–H groups in total. The molecule has 0 aromatic heterocycles. The fourth-order valence-corrected chi connectivity index (χ4v) is 43.1. The van der Waals surface area contributed by atoms with Crippen LogP contribution in [0, 0.1) is 0 Å². The van der Waals surface area contributed by atoms with E-state index in [4.69, 9.17) is 73.0 Å². The van der Waals surface area contributed by atoms with E-state index in [-0.39, 0.29) is 75.3 Å². The highest BCUT2D eigenvalue weighted by molar-refractivity contribution is 6.98. The molecule has 6 aliphatic rings. The van der Waals surface area contributed by atoms with Crippen LogP contribution in [0.4, 0.5) is 45.2 Å². The summed E-state index contributed by atoms with van der Waals surface area (Å²) in [6, 6.07) is 0.996. The van der Waals surface area contributed by atoms with Crippen molar-refractivity contribution in [2.75, 3.05) is 26.6 Å². The molecule has 6 fully saturated rings. The maximum atomic E-state index is 12.1. The van der Waals surface area contributed by atoms with Crippen molar-refractivity contribution in [1.82, 2.24) is 0 Å². The summed E-state index contributed by atoms with van der Waals surface area (Å²) in [6.07, 6.45) is -0.0984. The van der Waals surface area contributed by atoms with E-state index in [1.165, 1.54) is 13.8 Å². The number of ether oxygens (including phenoxy) is 1. The molecule has 8 bridgehead atoms. The maximum Gasteiger partial charge on any atom is 0.478 e. The van der Waals surface area contributed by atoms with Gasteiger partial charge in [-0.25, -0.2) is 4.79 Å². The highest BCUT2D eigenvalue weighted by atomic mass is 28.6. The van der Waals surface area contributed by atoms with E-state index in [0.29, 0.717) is 44.9 Å². The topological polar surface area (TPSA) is 137 Å². The molecule has 6 aliphatic heterocycles. The summed E-state index contributed by atoms with van der Waals surface area (Å²) in [5.74, 6) is -0.567. The number of carbonyl (C=O) groups is 1. The summed E-state index contributed by atoms with van der Waals surface area (Å²) in [4.78, 5) is 12.1. The van der Waals surface area contributed by atoms with Crippen molar-refractivity contribution in [2.45, 2.75) is 163 Å². The average molecular weight is 1110 g/mol. The molecule has 32 heteroatoms. The number of carbonyl (C=O) groups excluding carboxylic acids is 1. The Bertz CT molecular complexity index is 1360. The number of rotatable bonds is 17. The standard InChI is InChI=1S/C19H42O14Si8.C4H7F3.3C3H7F.4FH/c1-7-13-38-24-34-22-35-25-37(17-11-12-21-19(20)18(5)6)26-36(23-34)28-40(31-38,15-9-3)33-41(29-37,16-10-4)32-39(27-35,30-38)14-8-2;1-2-3-4(5,6)7;3*1-2-3-4;;;;/h34-36H,5,7-17H2,1-4,6H3;2-3H2,1H3;3*2-3H2,1H3;4*1H/i34T,35T,36T;;;;;;;;/hT4. The Morgan fingerprint density at radius 2 is 0.875 bits per heavy atom. The van der Waals surface area contributed by atoms with Crippen molar-refractivity contribution in [3.8, 4) is 0 Å². The molecule has 0 aromatic carbocycles. The van der Waals surface area contributed by atoms with Crippen LogP contribution in [0.15, 0.2) is 12.2 Å². The van der Waals surface area contributed by atoms with E-state index < -0.39 is 91.0 Å². The zero-order chi connectivity index (χ0) is 56.3. The highest BCUT2D eigenvalue weighted by Gasteiger charge is 2.75. The summed E-state index contributed by atoms with van der Waals surface area (Å²) in [7, 11) is -34.5. The van der Waals surface area contributed by atoms with Gasteiger partial charge in [-0.2, -0.15) is 13.2 Å². The third kappa shape index (κ3) is 23.9. The third-order valence-electron chi connectivity index (χ3n) is 7.62. The molecular weight excluding hydrogens is 1020 g/mol. The number of halogens is 10. The van der Waals surface area contributed by atoms with E-state index >= 15 is 0 Å².